The summed E-state index contributed by atoms with van der Waals surface area (Å²) in [6.45, 7) is 0. The van der Waals surface area contributed by atoms with E-state index < -0.39 is 0 Å². The zero-order chi connectivity index (χ0) is 13.8. The second-order valence-corrected chi connectivity index (χ2v) is 5.75. The molecular formula is C15H12BrCl2F. The molecule has 0 aliphatic carbocycles. The Morgan fingerprint density at radius 2 is 1.68 bits per heavy atom. The van der Waals surface area contributed by atoms with Crippen molar-refractivity contribution in [3.05, 3.63) is 69.5 Å². The Balaban J connectivity index is 2.30. The fraction of sp³-hybridized carbons (Fsp3) is 0.200. The van der Waals surface area contributed by atoms with Crippen molar-refractivity contribution in [3.8, 4) is 0 Å². The lowest BCUT2D eigenvalue weighted by atomic mass is 9.93. The van der Waals surface area contributed by atoms with Gasteiger partial charge in [-0.3, -0.25) is 0 Å². The fourth-order valence-corrected chi connectivity index (χ4v) is 3.09. The lowest BCUT2D eigenvalue weighted by Crippen LogP contribution is -2.06. The number of hydrogen-bond donors (Lipinski definition) is 0. The summed E-state index contributed by atoms with van der Waals surface area (Å²) < 4.78 is 13.9. The van der Waals surface area contributed by atoms with Crippen molar-refractivity contribution >= 4 is 39.1 Å². The molecule has 0 aromatic heterocycles. The maximum absolute atomic E-state index is 13.9. The highest BCUT2D eigenvalue weighted by atomic mass is 79.9. The minimum atomic E-state index is -0.345. The van der Waals surface area contributed by atoms with E-state index in [0.29, 0.717) is 22.3 Å². The first-order valence-electron chi connectivity index (χ1n) is 5.86. The average molecular weight is 362 g/mol. The van der Waals surface area contributed by atoms with Crippen molar-refractivity contribution in [3.63, 3.8) is 0 Å². The molecule has 0 bridgehead atoms. The van der Waals surface area contributed by atoms with Crippen molar-refractivity contribution < 1.29 is 4.39 Å². The molecule has 100 valence electrons. The zero-order valence-electron chi connectivity index (χ0n) is 10.0. The van der Waals surface area contributed by atoms with Gasteiger partial charge in [0, 0.05) is 10.4 Å². The first-order chi connectivity index (χ1) is 9.13. The van der Waals surface area contributed by atoms with Gasteiger partial charge in [0.15, 0.2) is 0 Å². The molecule has 1 atom stereocenters. The van der Waals surface area contributed by atoms with E-state index in [1.165, 1.54) is 0 Å². The maximum Gasteiger partial charge on any atom is 0.144 e. The first-order valence-corrected chi connectivity index (χ1v) is 7.74. The number of benzene rings is 2. The molecule has 4 heteroatoms. The van der Waals surface area contributed by atoms with E-state index in [9.17, 15) is 4.39 Å². The summed E-state index contributed by atoms with van der Waals surface area (Å²) in [6, 6.07) is 12.7. The van der Waals surface area contributed by atoms with E-state index in [1.54, 1.807) is 18.2 Å². The summed E-state index contributed by atoms with van der Waals surface area (Å²) in [4.78, 5) is 0. The predicted molar refractivity (Wildman–Crippen MR) is 83.1 cm³/mol. The van der Waals surface area contributed by atoms with Gasteiger partial charge in [0.1, 0.15) is 5.82 Å². The third-order valence-corrected chi connectivity index (χ3v) is 4.45. The van der Waals surface area contributed by atoms with E-state index in [0.717, 1.165) is 5.56 Å². The summed E-state index contributed by atoms with van der Waals surface area (Å²) in [5.74, 6) is -0.233. The van der Waals surface area contributed by atoms with Crippen LogP contribution >= 0.6 is 39.1 Å². The average Bonchev–Trinajstić information content (AvgIpc) is 2.41. The Hall–Kier alpha value is -0.570. The molecule has 0 amide bonds. The zero-order valence-corrected chi connectivity index (χ0v) is 13.1. The van der Waals surface area contributed by atoms with Gasteiger partial charge < -0.3 is 0 Å². The van der Waals surface area contributed by atoms with Crippen LogP contribution < -0.4 is 0 Å². The Bertz CT molecular complexity index is 572. The Labute approximate surface area is 130 Å². The standard InChI is InChI=1S/C15H12BrCl2F/c16-9-11(12-5-1-2-6-13(12)17)8-10-4-3-7-14(18)15(10)19/h1-7,11H,8-9H2. The van der Waals surface area contributed by atoms with E-state index in [4.69, 9.17) is 23.2 Å². The molecule has 2 rings (SSSR count). The molecule has 19 heavy (non-hydrogen) atoms. The van der Waals surface area contributed by atoms with Crippen molar-refractivity contribution in [2.45, 2.75) is 12.3 Å². The molecule has 0 heterocycles. The molecule has 0 radical (unpaired) electrons. The SMILES string of the molecule is Fc1c(Cl)cccc1CC(CBr)c1ccccc1Cl. The molecule has 0 N–H and O–H groups in total. The van der Waals surface area contributed by atoms with Crippen LogP contribution in [-0.2, 0) is 6.42 Å². The van der Waals surface area contributed by atoms with Crippen LogP contribution in [0.1, 0.15) is 17.0 Å². The summed E-state index contributed by atoms with van der Waals surface area (Å²) in [5.41, 5.74) is 1.62. The minimum absolute atomic E-state index is 0.113. The molecule has 0 saturated heterocycles. The molecule has 0 nitrogen and oxygen atoms in total. The van der Waals surface area contributed by atoms with Gasteiger partial charge in [0.25, 0.3) is 0 Å². The van der Waals surface area contributed by atoms with Gasteiger partial charge in [0.05, 0.1) is 5.02 Å². The van der Waals surface area contributed by atoms with Crippen LogP contribution in [0.5, 0.6) is 0 Å². The number of rotatable bonds is 4. The van der Waals surface area contributed by atoms with Gasteiger partial charge in [-0.05, 0) is 35.6 Å². The van der Waals surface area contributed by atoms with Crippen LogP contribution in [-0.4, -0.2) is 5.33 Å². The Kier molecular flexibility index (Phi) is 5.26. The van der Waals surface area contributed by atoms with Gasteiger partial charge in [0.2, 0.25) is 0 Å². The highest BCUT2D eigenvalue weighted by molar-refractivity contribution is 9.09. The summed E-state index contributed by atoms with van der Waals surface area (Å²) in [5, 5.41) is 1.57. The van der Waals surface area contributed by atoms with Crippen molar-refractivity contribution in [1.82, 2.24) is 0 Å². The van der Waals surface area contributed by atoms with E-state index in [-0.39, 0.29) is 16.8 Å². The van der Waals surface area contributed by atoms with Crippen LogP contribution in [0.25, 0.3) is 0 Å². The molecule has 0 spiro atoms. The number of alkyl halides is 1. The van der Waals surface area contributed by atoms with Gasteiger partial charge in [-0.25, -0.2) is 4.39 Å². The first kappa shape index (κ1) is 14.8. The molecule has 2 aromatic carbocycles. The summed E-state index contributed by atoms with van der Waals surface area (Å²) in [7, 11) is 0. The molecule has 2 aromatic rings. The normalized spacial score (nSPS) is 12.4. The van der Waals surface area contributed by atoms with Crippen LogP contribution in [0.15, 0.2) is 42.5 Å². The monoisotopic (exact) mass is 360 g/mol. The number of halogens is 4. The Morgan fingerprint density at radius 3 is 2.37 bits per heavy atom. The van der Waals surface area contributed by atoms with E-state index >= 15 is 0 Å². The summed E-state index contributed by atoms with van der Waals surface area (Å²) >= 11 is 15.5. The number of hydrogen-bond acceptors (Lipinski definition) is 0. The van der Waals surface area contributed by atoms with Crippen molar-refractivity contribution in [2.75, 3.05) is 5.33 Å². The van der Waals surface area contributed by atoms with Crippen molar-refractivity contribution in [2.24, 2.45) is 0 Å². The fourth-order valence-electron chi connectivity index (χ4n) is 2.03. The third-order valence-electron chi connectivity index (χ3n) is 3.03. The lowest BCUT2D eigenvalue weighted by Gasteiger charge is -2.16. The van der Waals surface area contributed by atoms with Gasteiger partial charge in [-0.15, -0.1) is 0 Å². The second-order valence-electron chi connectivity index (χ2n) is 4.29. The second kappa shape index (κ2) is 6.74. The smallest absolute Gasteiger partial charge is 0.144 e. The van der Waals surface area contributed by atoms with E-state index in [2.05, 4.69) is 15.9 Å². The maximum atomic E-state index is 13.9. The van der Waals surface area contributed by atoms with Crippen molar-refractivity contribution in [1.29, 1.82) is 0 Å². The predicted octanol–water partition coefficient (Wildman–Crippen LogP) is 5.85. The molecular weight excluding hydrogens is 350 g/mol. The van der Waals surface area contributed by atoms with Crippen LogP contribution in [0.3, 0.4) is 0 Å². The topological polar surface area (TPSA) is 0 Å². The largest absolute Gasteiger partial charge is 0.205 e. The third kappa shape index (κ3) is 3.50. The van der Waals surface area contributed by atoms with Gasteiger partial charge >= 0.3 is 0 Å². The minimum Gasteiger partial charge on any atom is -0.205 e. The molecule has 0 aliphatic heterocycles. The molecule has 1 unspecified atom stereocenters. The highest BCUT2D eigenvalue weighted by Gasteiger charge is 2.17. The Morgan fingerprint density at radius 1 is 1.00 bits per heavy atom. The lowest BCUT2D eigenvalue weighted by molar-refractivity contribution is 0.600. The molecule has 0 fully saturated rings. The van der Waals surface area contributed by atoms with Gasteiger partial charge in [-0.1, -0.05) is 69.5 Å². The highest BCUT2D eigenvalue weighted by Crippen LogP contribution is 2.30. The summed E-state index contributed by atoms with van der Waals surface area (Å²) in [6.07, 6.45) is 0.557. The molecule has 0 saturated carbocycles. The van der Waals surface area contributed by atoms with Gasteiger partial charge in [-0.2, -0.15) is 0 Å². The van der Waals surface area contributed by atoms with Crippen LogP contribution in [0.2, 0.25) is 10.0 Å². The van der Waals surface area contributed by atoms with Crippen LogP contribution in [0.4, 0.5) is 4.39 Å². The quantitative estimate of drug-likeness (QED) is 0.599. The van der Waals surface area contributed by atoms with E-state index in [1.807, 2.05) is 24.3 Å². The van der Waals surface area contributed by atoms with Crippen LogP contribution in [0, 0.1) is 5.82 Å². The molecule has 0 aliphatic rings.